The molecule has 0 saturated heterocycles. The summed E-state index contributed by atoms with van der Waals surface area (Å²) in [6.07, 6.45) is -3.85. The van der Waals surface area contributed by atoms with Crippen LogP contribution >= 0.6 is 0 Å². The fourth-order valence-electron chi connectivity index (χ4n) is 2.83. The molecule has 1 atom stereocenters. The van der Waals surface area contributed by atoms with Gasteiger partial charge in [0, 0.05) is 36.5 Å². The number of nitrogens with one attached hydrogen (secondary N) is 1. The van der Waals surface area contributed by atoms with Crippen molar-refractivity contribution < 1.29 is 18.3 Å². The number of halogens is 3. The third kappa shape index (κ3) is 3.10. The molecule has 0 fully saturated rings. The van der Waals surface area contributed by atoms with Crippen LogP contribution in [0.3, 0.4) is 0 Å². The molecular formula is C16H15F3N2O2. The molecule has 0 amide bonds. The molecule has 1 aromatic carbocycles. The van der Waals surface area contributed by atoms with E-state index in [2.05, 4.69) is 4.98 Å². The lowest BCUT2D eigenvalue weighted by molar-refractivity contribution is -0.137. The van der Waals surface area contributed by atoms with Crippen molar-refractivity contribution in [2.45, 2.75) is 12.6 Å². The number of nitrogens with zero attached hydrogens (tertiary/aromatic N) is 1. The van der Waals surface area contributed by atoms with Gasteiger partial charge in [-0.3, -0.25) is 4.79 Å². The van der Waals surface area contributed by atoms with E-state index >= 15 is 0 Å². The van der Waals surface area contributed by atoms with E-state index in [4.69, 9.17) is 0 Å². The van der Waals surface area contributed by atoms with E-state index in [0.717, 1.165) is 17.8 Å². The van der Waals surface area contributed by atoms with Crippen LogP contribution in [0.5, 0.6) is 0 Å². The van der Waals surface area contributed by atoms with Crippen molar-refractivity contribution in [2.75, 3.05) is 18.1 Å². The molecule has 0 spiro atoms. The Hall–Kier alpha value is -2.28. The second-order valence-electron chi connectivity index (χ2n) is 5.59. The number of benzene rings is 1. The van der Waals surface area contributed by atoms with Gasteiger partial charge in [-0.1, -0.05) is 0 Å². The number of aromatic amines is 1. The van der Waals surface area contributed by atoms with Gasteiger partial charge in [-0.2, -0.15) is 13.2 Å². The Morgan fingerprint density at radius 2 is 1.87 bits per heavy atom. The van der Waals surface area contributed by atoms with Crippen molar-refractivity contribution in [3.05, 3.63) is 58.0 Å². The number of H-pyrrole nitrogens is 1. The molecule has 1 aromatic heterocycles. The lowest BCUT2D eigenvalue weighted by atomic mass is 9.96. The van der Waals surface area contributed by atoms with Gasteiger partial charge in [0.25, 0.3) is 0 Å². The third-order valence-electron chi connectivity index (χ3n) is 3.96. The fourth-order valence-corrected chi connectivity index (χ4v) is 2.83. The molecule has 3 rings (SSSR count). The normalized spacial score (nSPS) is 17.9. The maximum atomic E-state index is 12.7. The minimum Gasteiger partial charge on any atom is -0.396 e. The monoisotopic (exact) mass is 324 g/mol. The molecular weight excluding hydrogens is 309 g/mol. The van der Waals surface area contributed by atoms with Gasteiger partial charge in [0.1, 0.15) is 0 Å². The number of alkyl halides is 3. The number of aromatic nitrogens is 1. The van der Waals surface area contributed by atoms with Gasteiger partial charge in [-0.05, 0) is 36.8 Å². The van der Waals surface area contributed by atoms with E-state index in [1.54, 1.807) is 6.07 Å². The number of hydrogen-bond donors (Lipinski definition) is 2. The zero-order valence-corrected chi connectivity index (χ0v) is 12.1. The Balaban J connectivity index is 2.00. The van der Waals surface area contributed by atoms with E-state index in [1.165, 1.54) is 18.2 Å². The second kappa shape index (κ2) is 5.73. The summed E-state index contributed by atoms with van der Waals surface area (Å²) in [7, 11) is 0. The summed E-state index contributed by atoms with van der Waals surface area (Å²) in [4.78, 5) is 16.0. The molecule has 1 unspecified atom stereocenters. The Morgan fingerprint density at radius 1 is 1.17 bits per heavy atom. The summed E-state index contributed by atoms with van der Waals surface area (Å²) in [6.45, 7) is 0.411. The van der Waals surface area contributed by atoms with Crippen LogP contribution in [0, 0.1) is 5.92 Å². The zero-order valence-electron chi connectivity index (χ0n) is 12.1. The molecule has 0 bridgehead atoms. The average Bonchev–Trinajstić information content (AvgIpc) is 2.52. The Labute approximate surface area is 130 Å². The van der Waals surface area contributed by atoms with Crippen LogP contribution in [0.1, 0.15) is 11.3 Å². The number of rotatable bonds is 2. The molecule has 0 saturated carbocycles. The molecule has 0 radical (unpaired) electrons. The maximum absolute atomic E-state index is 12.7. The number of fused-ring (bicyclic) bond motifs is 1. The van der Waals surface area contributed by atoms with Gasteiger partial charge in [-0.15, -0.1) is 0 Å². The van der Waals surface area contributed by atoms with Crippen LogP contribution < -0.4 is 10.5 Å². The van der Waals surface area contributed by atoms with Crippen molar-refractivity contribution in [3.63, 3.8) is 0 Å². The molecule has 1 aliphatic heterocycles. The topological polar surface area (TPSA) is 56.3 Å². The first kappa shape index (κ1) is 15.6. The standard InChI is InChI=1S/C16H15F3N2O2/c17-16(18,19)11-1-3-12(4-2-11)21-8-10(9-22)7-13-14(21)5-6-15(23)20-13/h1-6,10,22H,7-9H2,(H,20,23). The van der Waals surface area contributed by atoms with E-state index in [9.17, 15) is 23.1 Å². The number of aliphatic hydroxyl groups excluding tert-OH is 1. The quantitative estimate of drug-likeness (QED) is 0.893. The van der Waals surface area contributed by atoms with Crippen molar-refractivity contribution in [3.8, 4) is 0 Å². The van der Waals surface area contributed by atoms with Crippen LogP contribution in [-0.4, -0.2) is 23.2 Å². The van der Waals surface area contributed by atoms with Crippen molar-refractivity contribution >= 4 is 11.4 Å². The molecule has 7 heteroatoms. The molecule has 0 aliphatic carbocycles. The minimum absolute atomic E-state index is 0.0620. The molecule has 1 aliphatic rings. The van der Waals surface area contributed by atoms with Crippen molar-refractivity contribution in [1.29, 1.82) is 0 Å². The smallest absolute Gasteiger partial charge is 0.396 e. The zero-order chi connectivity index (χ0) is 16.6. The Bertz CT molecular complexity index is 753. The summed E-state index contributed by atoms with van der Waals surface area (Å²) < 4.78 is 38.0. The predicted molar refractivity (Wildman–Crippen MR) is 79.8 cm³/mol. The summed E-state index contributed by atoms with van der Waals surface area (Å²) >= 11 is 0. The van der Waals surface area contributed by atoms with Crippen molar-refractivity contribution in [2.24, 2.45) is 5.92 Å². The lowest BCUT2D eigenvalue weighted by Gasteiger charge is -2.35. The molecule has 4 nitrogen and oxygen atoms in total. The number of pyridine rings is 1. The summed E-state index contributed by atoms with van der Waals surface area (Å²) in [5.74, 6) is -0.0946. The number of aliphatic hydroxyl groups is 1. The van der Waals surface area contributed by atoms with Gasteiger partial charge in [0.2, 0.25) is 5.56 Å². The highest BCUT2D eigenvalue weighted by atomic mass is 19.4. The SMILES string of the molecule is O=c1ccc2c([nH]1)CC(CO)CN2c1ccc(C(F)(F)F)cc1. The summed E-state index contributed by atoms with van der Waals surface area (Å²) in [6, 6.07) is 7.90. The van der Waals surface area contributed by atoms with Crippen LogP contribution in [0.4, 0.5) is 24.5 Å². The second-order valence-corrected chi connectivity index (χ2v) is 5.59. The average molecular weight is 324 g/mol. The highest BCUT2D eigenvalue weighted by Gasteiger charge is 2.31. The van der Waals surface area contributed by atoms with Crippen LogP contribution in [0.15, 0.2) is 41.2 Å². The van der Waals surface area contributed by atoms with E-state index in [-0.39, 0.29) is 18.1 Å². The lowest BCUT2D eigenvalue weighted by Crippen LogP contribution is -2.35. The first-order chi connectivity index (χ1) is 10.9. The number of anilines is 2. The summed E-state index contributed by atoms with van der Waals surface area (Å²) in [5, 5.41) is 9.43. The predicted octanol–water partition coefficient (Wildman–Crippen LogP) is 2.70. The highest BCUT2D eigenvalue weighted by molar-refractivity contribution is 5.66. The largest absolute Gasteiger partial charge is 0.416 e. The fraction of sp³-hybridized carbons (Fsp3) is 0.312. The number of hydrogen-bond acceptors (Lipinski definition) is 3. The minimum atomic E-state index is -4.38. The van der Waals surface area contributed by atoms with E-state index < -0.39 is 11.7 Å². The summed E-state index contributed by atoms with van der Waals surface area (Å²) in [5.41, 5.74) is 1.06. The van der Waals surface area contributed by atoms with Crippen molar-refractivity contribution in [1.82, 2.24) is 4.98 Å². The van der Waals surface area contributed by atoms with E-state index in [0.29, 0.717) is 24.3 Å². The van der Waals surface area contributed by atoms with Crippen LogP contribution in [0.2, 0.25) is 0 Å². The molecule has 2 heterocycles. The molecule has 23 heavy (non-hydrogen) atoms. The first-order valence-electron chi connectivity index (χ1n) is 7.16. The van der Waals surface area contributed by atoms with Gasteiger partial charge < -0.3 is 15.0 Å². The molecule has 2 aromatic rings. The van der Waals surface area contributed by atoms with Gasteiger partial charge in [-0.25, -0.2) is 0 Å². The molecule has 2 N–H and O–H groups in total. The van der Waals surface area contributed by atoms with E-state index in [1.807, 2.05) is 4.90 Å². The van der Waals surface area contributed by atoms with Crippen LogP contribution in [-0.2, 0) is 12.6 Å². The third-order valence-corrected chi connectivity index (χ3v) is 3.96. The Kier molecular flexibility index (Phi) is 3.89. The maximum Gasteiger partial charge on any atom is 0.416 e. The Morgan fingerprint density at radius 3 is 2.48 bits per heavy atom. The van der Waals surface area contributed by atoms with Gasteiger partial charge >= 0.3 is 6.18 Å². The molecule has 122 valence electrons. The first-order valence-corrected chi connectivity index (χ1v) is 7.16. The van der Waals surface area contributed by atoms with Gasteiger partial charge in [0.15, 0.2) is 0 Å². The van der Waals surface area contributed by atoms with Crippen LogP contribution in [0.25, 0.3) is 0 Å². The highest BCUT2D eigenvalue weighted by Crippen LogP contribution is 2.36. The van der Waals surface area contributed by atoms with Gasteiger partial charge in [0.05, 0.1) is 11.3 Å².